The molecule has 0 saturated carbocycles. The van der Waals surface area contributed by atoms with Crippen molar-refractivity contribution in [3.05, 3.63) is 59.7 Å². The molecule has 1 atom stereocenters. The standard InChI is InChI=1S/C23H33NO3/c1-18(2)10-11-24(17-21(25)12-19-8-6-5-7-9-19)16-20-13-22(26-3)15-23(14-20)27-4/h5-9,13-15,18,21,25H,10-12,16-17H2,1-4H3/t21-/m1/s1. The maximum Gasteiger partial charge on any atom is 0.122 e. The lowest BCUT2D eigenvalue weighted by Crippen LogP contribution is -2.34. The number of aliphatic hydroxyl groups excluding tert-OH is 1. The van der Waals surface area contributed by atoms with Gasteiger partial charge in [-0.05, 0) is 48.6 Å². The molecule has 0 aliphatic carbocycles. The molecule has 2 aromatic carbocycles. The molecule has 0 radical (unpaired) electrons. The molecule has 0 aromatic heterocycles. The van der Waals surface area contributed by atoms with Gasteiger partial charge in [0, 0.05) is 19.2 Å². The molecule has 0 saturated heterocycles. The number of aliphatic hydroxyl groups is 1. The minimum absolute atomic E-state index is 0.396. The van der Waals surface area contributed by atoms with E-state index in [-0.39, 0.29) is 0 Å². The third kappa shape index (κ3) is 7.61. The minimum Gasteiger partial charge on any atom is -0.497 e. The zero-order valence-electron chi connectivity index (χ0n) is 17.0. The second-order valence-corrected chi connectivity index (χ2v) is 7.48. The van der Waals surface area contributed by atoms with Crippen LogP contribution < -0.4 is 9.47 Å². The Morgan fingerprint density at radius 1 is 0.926 bits per heavy atom. The SMILES string of the molecule is COc1cc(CN(CCC(C)C)C[C@H](O)Cc2ccccc2)cc(OC)c1. The molecule has 0 amide bonds. The summed E-state index contributed by atoms with van der Waals surface area (Å²) in [6.45, 7) is 6.80. The lowest BCUT2D eigenvalue weighted by molar-refractivity contribution is 0.105. The van der Waals surface area contributed by atoms with Crippen LogP contribution in [0.15, 0.2) is 48.5 Å². The summed E-state index contributed by atoms with van der Waals surface area (Å²) in [7, 11) is 3.33. The van der Waals surface area contributed by atoms with Gasteiger partial charge in [-0.25, -0.2) is 0 Å². The van der Waals surface area contributed by atoms with Gasteiger partial charge in [0.1, 0.15) is 11.5 Å². The summed E-state index contributed by atoms with van der Waals surface area (Å²) in [5.41, 5.74) is 2.29. The molecule has 0 spiro atoms. The largest absolute Gasteiger partial charge is 0.497 e. The van der Waals surface area contributed by atoms with E-state index in [4.69, 9.17) is 9.47 Å². The van der Waals surface area contributed by atoms with Gasteiger partial charge < -0.3 is 14.6 Å². The summed E-state index contributed by atoms with van der Waals surface area (Å²) in [6, 6.07) is 16.1. The molecule has 2 rings (SSSR count). The zero-order chi connectivity index (χ0) is 19.6. The summed E-state index contributed by atoms with van der Waals surface area (Å²) < 4.78 is 10.8. The van der Waals surface area contributed by atoms with Crippen molar-refractivity contribution in [2.24, 2.45) is 5.92 Å². The predicted molar refractivity (Wildman–Crippen MR) is 110 cm³/mol. The van der Waals surface area contributed by atoms with Gasteiger partial charge >= 0.3 is 0 Å². The second-order valence-electron chi connectivity index (χ2n) is 7.48. The third-order valence-electron chi connectivity index (χ3n) is 4.62. The topological polar surface area (TPSA) is 41.9 Å². The molecule has 148 valence electrons. The van der Waals surface area contributed by atoms with Crippen molar-refractivity contribution in [3.8, 4) is 11.5 Å². The smallest absolute Gasteiger partial charge is 0.122 e. The molecule has 0 aliphatic heterocycles. The van der Waals surface area contributed by atoms with Crippen molar-refractivity contribution < 1.29 is 14.6 Å². The maximum atomic E-state index is 10.6. The Labute approximate surface area is 163 Å². The first-order chi connectivity index (χ1) is 13.0. The van der Waals surface area contributed by atoms with Crippen LogP contribution in [0.25, 0.3) is 0 Å². The normalized spacial score (nSPS) is 12.4. The lowest BCUT2D eigenvalue weighted by Gasteiger charge is -2.26. The average Bonchev–Trinajstić information content (AvgIpc) is 2.66. The molecule has 0 heterocycles. The van der Waals surface area contributed by atoms with Crippen LogP contribution in [0.3, 0.4) is 0 Å². The molecule has 2 aromatic rings. The van der Waals surface area contributed by atoms with Crippen molar-refractivity contribution in [1.82, 2.24) is 4.90 Å². The lowest BCUT2D eigenvalue weighted by atomic mass is 10.1. The number of rotatable bonds is 11. The second kappa shape index (κ2) is 11.0. The Balaban J connectivity index is 2.06. The fourth-order valence-corrected chi connectivity index (χ4v) is 3.14. The maximum absolute atomic E-state index is 10.6. The highest BCUT2D eigenvalue weighted by molar-refractivity contribution is 5.38. The van der Waals surface area contributed by atoms with Crippen LogP contribution in [0.1, 0.15) is 31.4 Å². The Kier molecular flexibility index (Phi) is 8.62. The predicted octanol–water partition coefficient (Wildman–Crippen LogP) is 4.16. The summed E-state index contributed by atoms with van der Waals surface area (Å²) in [5, 5.41) is 10.6. The number of nitrogens with zero attached hydrogens (tertiary/aromatic N) is 1. The van der Waals surface area contributed by atoms with Crippen LogP contribution in [-0.4, -0.2) is 43.4 Å². The van der Waals surface area contributed by atoms with E-state index in [0.29, 0.717) is 18.9 Å². The van der Waals surface area contributed by atoms with Crippen LogP contribution in [-0.2, 0) is 13.0 Å². The van der Waals surface area contributed by atoms with E-state index in [1.165, 1.54) is 0 Å². The van der Waals surface area contributed by atoms with Crippen LogP contribution in [0.2, 0.25) is 0 Å². The van der Waals surface area contributed by atoms with Gasteiger partial charge in [-0.3, -0.25) is 4.90 Å². The van der Waals surface area contributed by atoms with Gasteiger partial charge in [-0.15, -0.1) is 0 Å². The number of hydrogen-bond acceptors (Lipinski definition) is 4. The molecule has 1 N–H and O–H groups in total. The minimum atomic E-state index is -0.396. The molecule has 0 aliphatic rings. The van der Waals surface area contributed by atoms with Crippen LogP contribution in [0.4, 0.5) is 0 Å². The quantitative estimate of drug-likeness (QED) is 0.644. The summed E-state index contributed by atoms with van der Waals surface area (Å²) in [5.74, 6) is 2.20. The van der Waals surface area contributed by atoms with Gasteiger partial charge in [-0.1, -0.05) is 44.2 Å². The van der Waals surface area contributed by atoms with E-state index in [9.17, 15) is 5.11 Å². The Bertz CT molecular complexity index is 650. The van der Waals surface area contributed by atoms with E-state index < -0.39 is 6.10 Å². The van der Waals surface area contributed by atoms with Gasteiger partial charge in [0.15, 0.2) is 0 Å². The van der Waals surface area contributed by atoms with Crippen molar-refractivity contribution >= 4 is 0 Å². The fourth-order valence-electron chi connectivity index (χ4n) is 3.14. The summed E-state index contributed by atoms with van der Waals surface area (Å²) in [6.07, 6.45) is 1.37. The van der Waals surface area contributed by atoms with E-state index in [2.05, 4.69) is 30.9 Å². The Morgan fingerprint density at radius 2 is 1.56 bits per heavy atom. The fraction of sp³-hybridized carbons (Fsp3) is 0.478. The summed E-state index contributed by atoms with van der Waals surface area (Å²) >= 11 is 0. The van der Waals surface area contributed by atoms with Crippen molar-refractivity contribution in [3.63, 3.8) is 0 Å². The van der Waals surface area contributed by atoms with Crippen LogP contribution in [0, 0.1) is 5.92 Å². The van der Waals surface area contributed by atoms with Gasteiger partial charge in [-0.2, -0.15) is 0 Å². The van der Waals surface area contributed by atoms with Gasteiger partial charge in [0.25, 0.3) is 0 Å². The van der Waals surface area contributed by atoms with Crippen LogP contribution in [0.5, 0.6) is 11.5 Å². The third-order valence-corrected chi connectivity index (χ3v) is 4.62. The van der Waals surface area contributed by atoms with E-state index in [1.807, 2.05) is 36.4 Å². The van der Waals surface area contributed by atoms with Crippen molar-refractivity contribution in [2.75, 3.05) is 27.3 Å². The number of ether oxygens (including phenoxy) is 2. The number of hydrogen-bond donors (Lipinski definition) is 1. The highest BCUT2D eigenvalue weighted by atomic mass is 16.5. The molecule has 27 heavy (non-hydrogen) atoms. The van der Waals surface area contributed by atoms with Crippen LogP contribution >= 0.6 is 0 Å². The molecule has 4 heteroatoms. The molecule has 0 bridgehead atoms. The van der Waals surface area contributed by atoms with E-state index in [0.717, 1.165) is 42.1 Å². The highest BCUT2D eigenvalue weighted by Crippen LogP contribution is 2.24. The zero-order valence-corrected chi connectivity index (χ0v) is 17.0. The first kappa shape index (κ1) is 21.3. The van der Waals surface area contributed by atoms with E-state index in [1.54, 1.807) is 14.2 Å². The number of methoxy groups -OCH3 is 2. The number of benzene rings is 2. The molecule has 4 nitrogen and oxygen atoms in total. The Hall–Kier alpha value is -2.04. The summed E-state index contributed by atoms with van der Waals surface area (Å²) in [4.78, 5) is 2.32. The molecule has 0 fully saturated rings. The molecule has 0 unspecified atom stereocenters. The Morgan fingerprint density at radius 3 is 2.11 bits per heavy atom. The van der Waals surface area contributed by atoms with Crippen molar-refractivity contribution in [2.45, 2.75) is 39.3 Å². The monoisotopic (exact) mass is 371 g/mol. The first-order valence-corrected chi connectivity index (χ1v) is 9.66. The van der Waals surface area contributed by atoms with E-state index >= 15 is 0 Å². The first-order valence-electron chi connectivity index (χ1n) is 9.66. The average molecular weight is 372 g/mol. The van der Waals surface area contributed by atoms with Gasteiger partial charge in [0.05, 0.1) is 20.3 Å². The highest BCUT2D eigenvalue weighted by Gasteiger charge is 2.15. The van der Waals surface area contributed by atoms with Crippen molar-refractivity contribution in [1.29, 1.82) is 0 Å². The molecular formula is C23H33NO3. The van der Waals surface area contributed by atoms with Gasteiger partial charge in [0.2, 0.25) is 0 Å². The molecular weight excluding hydrogens is 338 g/mol.